The number of hydrogen-bond acceptors (Lipinski definition) is 16. The number of aromatic nitrogens is 2. The summed E-state index contributed by atoms with van der Waals surface area (Å²) in [6, 6.07) is 1.82. The number of rotatable bonds is 14. The third-order valence-electron chi connectivity index (χ3n) is 7.46. The number of anilines is 2. The van der Waals surface area contributed by atoms with Crippen molar-refractivity contribution < 1.29 is 68.8 Å². The first-order chi connectivity index (χ1) is 23.9. The zero-order chi connectivity index (χ0) is 36.1. The molecule has 5 rings (SSSR count). The van der Waals surface area contributed by atoms with E-state index < -0.39 is 41.3 Å². The molecule has 8 N–H and O–H groups in total. The molecule has 18 nitrogen and oxygen atoms in total. The Bertz CT molecular complexity index is 1720. The van der Waals surface area contributed by atoms with Gasteiger partial charge in [-0.25, -0.2) is 14.8 Å². The second kappa shape index (κ2) is 17.7. The first-order valence-electron chi connectivity index (χ1n) is 14.9. The van der Waals surface area contributed by atoms with Crippen LogP contribution in [0.2, 0.25) is 0 Å². The number of carboxylic acid groups (broad SMARTS) is 1. The number of phenolic OH excluding ortho intramolecular Hbond substituents is 1. The number of phenols is 1. The molecule has 4 heterocycles. The quantitative estimate of drug-likeness (QED) is 0.0555. The van der Waals surface area contributed by atoms with E-state index in [4.69, 9.17) is 5.73 Å². The van der Waals surface area contributed by atoms with Crippen molar-refractivity contribution in [2.45, 2.75) is 31.3 Å². The van der Waals surface area contributed by atoms with E-state index in [1.54, 1.807) is 6.20 Å². The fraction of sp³-hybridized carbons (Fsp3) is 0.345. The van der Waals surface area contributed by atoms with Crippen molar-refractivity contribution in [3.05, 3.63) is 63.9 Å². The summed E-state index contributed by atoms with van der Waals surface area (Å²) < 4.78 is 2.13. The van der Waals surface area contributed by atoms with Gasteiger partial charge in [-0.1, -0.05) is 23.6 Å². The van der Waals surface area contributed by atoms with Gasteiger partial charge < -0.3 is 36.5 Å². The molecule has 266 valence electrons. The largest absolute Gasteiger partial charge is 1.00 e. The summed E-state index contributed by atoms with van der Waals surface area (Å²) in [5.41, 5.74) is 11.6. The number of carboxylic acids is 1. The number of nitrogens with two attached hydrogens (primary N) is 1. The number of aromatic hydroxyl groups is 1. The molecule has 4 atom stereocenters. The van der Waals surface area contributed by atoms with E-state index in [-0.39, 0.29) is 88.1 Å². The summed E-state index contributed by atoms with van der Waals surface area (Å²) in [7, 11) is 0. The van der Waals surface area contributed by atoms with Gasteiger partial charge in [0.25, 0.3) is 5.91 Å². The van der Waals surface area contributed by atoms with Gasteiger partial charge in [-0.15, -0.1) is 23.5 Å². The summed E-state index contributed by atoms with van der Waals surface area (Å²) in [5, 5.41) is 36.3. The average Bonchev–Trinajstić information content (AvgIpc) is 3.53. The van der Waals surface area contributed by atoms with Crippen LogP contribution >= 0.6 is 35.5 Å². The number of primary amides is 1. The Morgan fingerprint density at radius 3 is 2.51 bits per heavy atom. The number of hydrazine groups is 2. The van der Waals surface area contributed by atoms with Crippen LogP contribution in [0.3, 0.4) is 0 Å². The number of nitrogens with one attached hydrogen (secondary N) is 4. The topological polar surface area (TPSA) is 259 Å². The smallest absolute Gasteiger partial charge is 0.543 e. The van der Waals surface area contributed by atoms with Crippen molar-refractivity contribution >= 4 is 76.8 Å². The molecule has 0 saturated carbocycles. The van der Waals surface area contributed by atoms with Gasteiger partial charge >= 0.3 is 35.6 Å². The van der Waals surface area contributed by atoms with Gasteiger partial charge in [-0.2, -0.15) is 0 Å². The van der Waals surface area contributed by atoms with E-state index in [2.05, 4.69) is 31.5 Å². The first kappa shape index (κ1) is 40.1. The number of aliphatic carboxylic acids is 1. The average molecular weight is 769 g/mol. The van der Waals surface area contributed by atoms with Crippen molar-refractivity contribution in [1.82, 2.24) is 35.6 Å². The molecule has 3 aliphatic heterocycles. The molecule has 0 bridgehead atoms. The van der Waals surface area contributed by atoms with Crippen molar-refractivity contribution in [3.8, 4) is 5.75 Å². The monoisotopic (exact) mass is 768 g/mol. The fourth-order valence-corrected chi connectivity index (χ4v) is 8.38. The minimum absolute atomic E-state index is 0. The minimum Gasteiger partial charge on any atom is -0.543 e. The number of aliphatic hydroxyl groups is 1. The zero-order valence-corrected chi connectivity index (χ0v) is 32.0. The van der Waals surface area contributed by atoms with Crippen LogP contribution in [0.15, 0.2) is 58.4 Å². The van der Waals surface area contributed by atoms with Crippen LogP contribution < -0.4 is 66.8 Å². The number of carbonyl (C=O) groups is 5. The molecule has 51 heavy (non-hydrogen) atoms. The van der Waals surface area contributed by atoms with Crippen molar-refractivity contribution in [3.63, 3.8) is 0 Å². The summed E-state index contributed by atoms with van der Waals surface area (Å²) in [6.45, 7) is 3.50. The predicted octanol–water partition coefficient (Wildman–Crippen LogP) is -3.69. The Morgan fingerprint density at radius 2 is 1.90 bits per heavy atom. The second-order valence-corrected chi connectivity index (χ2v) is 14.6. The number of carbonyl (C=O) groups excluding carboxylic acids is 5. The molecule has 0 radical (unpaired) electrons. The number of urea groups is 1. The Kier molecular flexibility index (Phi) is 13.9. The summed E-state index contributed by atoms with van der Waals surface area (Å²) in [4.78, 5) is 74.4. The van der Waals surface area contributed by atoms with Gasteiger partial charge in [-0.05, 0) is 29.2 Å². The molecule has 2 aromatic rings. The summed E-state index contributed by atoms with van der Waals surface area (Å²) in [5.74, 6) is -2.85. The molecule has 1 aromatic carbocycles. The van der Waals surface area contributed by atoms with Crippen LogP contribution in [-0.2, 0) is 19.2 Å². The maximum absolute atomic E-state index is 14.0. The predicted molar refractivity (Wildman–Crippen MR) is 184 cm³/mol. The normalized spacial score (nSPS) is 19.3. The maximum Gasteiger partial charge on any atom is 1.00 e. The van der Waals surface area contributed by atoms with Gasteiger partial charge in [0.2, 0.25) is 17.8 Å². The van der Waals surface area contributed by atoms with Crippen molar-refractivity contribution in [2.24, 2.45) is 11.7 Å². The molecule has 0 spiro atoms. The number of aliphatic hydroxyl groups excluding tert-OH is 1. The van der Waals surface area contributed by atoms with Crippen molar-refractivity contribution in [2.75, 3.05) is 34.9 Å². The zero-order valence-electron chi connectivity index (χ0n) is 27.6. The molecule has 5 amide bonds. The van der Waals surface area contributed by atoms with Gasteiger partial charge in [-0.3, -0.25) is 35.0 Å². The first-order valence-corrected chi connectivity index (χ1v) is 17.8. The number of thioether (sulfide) groups is 2. The van der Waals surface area contributed by atoms with Crippen LogP contribution in [0, 0.1) is 5.92 Å². The van der Waals surface area contributed by atoms with Gasteiger partial charge in [0.1, 0.15) is 23.2 Å². The van der Waals surface area contributed by atoms with Crippen LogP contribution in [-0.4, -0.2) is 95.4 Å². The van der Waals surface area contributed by atoms with E-state index in [1.807, 2.05) is 6.92 Å². The minimum atomic E-state index is -1.54. The summed E-state index contributed by atoms with van der Waals surface area (Å²) >= 11 is 3.75. The van der Waals surface area contributed by atoms with E-state index in [0.29, 0.717) is 12.1 Å². The molecule has 1 aromatic heterocycles. The van der Waals surface area contributed by atoms with E-state index >= 15 is 0 Å². The SMILES string of the molecule is CC(=O)NN1NC=C(SCC2=C(C(=O)[O-])N3C(=O)C(NC(=O)C(c4ccc(O)cc4)N(C(N)=O)c4cnc(NCC(C)CO)nc4)[C@@H]3SC2)S1.[Na+]. The number of fused-ring (bicyclic) bond motifs is 1. The molecule has 0 aliphatic carbocycles. The molecule has 3 unspecified atom stereocenters. The molecule has 3 aliphatic rings. The molecular formula is C29H33N10NaO8S3. The number of nitrogens with zero attached hydrogens (tertiary/aromatic N) is 5. The Hall–Kier alpha value is -3.70. The Balaban J connectivity index is 0.00000583. The van der Waals surface area contributed by atoms with Crippen LogP contribution in [0.25, 0.3) is 0 Å². The van der Waals surface area contributed by atoms with Crippen LogP contribution in [0.5, 0.6) is 5.75 Å². The van der Waals surface area contributed by atoms with E-state index in [9.17, 15) is 39.3 Å². The van der Waals surface area contributed by atoms with Gasteiger partial charge in [0.05, 0.1) is 34.0 Å². The fourth-order valence-electron chi connectivity index (χ4n) is 5.04. The third kappa shape index (κ3) is 9.40. The molecule has 1 saturated heterocycles. The standard InChI is InChI=1S/C29H34N10O8S3.Na/c1-14(11-40)7-31-29-32-8-18(9-33-29)37(28(30)47)22(16-3-5-19(42)6-4-16)24(43)35-21-25(44)38-23(27(45)46)17(13-49-26(21)38)12-48-20-10-34-39(50-20)36-15(2)41;/h3-6,8-10,14,21-22,26,34,40,42H,7,11-13H2,1-2H3,(H2,30,47)(H,35,43)(H,36,41)(H,45,46)(H,31,32,33);/q;+1/p-1/t14?,21?,22?,26-;/m0./s1. The molecule has 22 heteroatoms. The Labute approximate surface area is 326 Å². The van der Waals surface area contributed by atoms with Gasteiger partial charge in [0.15, 0.2) is 0 Å². The van der Waals surface area contributed by atoms with E-state index in [0.717, 1.165) is 14.0 Å². The number of β-lactam (4-membered cyclic amide) rings is 1. The van der Waals surface area contributed by atoms with Gasteiger partial charge in [0, 0.05) is 49.7 Å². The number of amides is 5. The van der Waals surface area contributed by atoms with Crippen LogP contribution in [0.1, 0.15) is 25.5 Å². The van der Waals surface area contributed by atoms with Crippen LogP contribution in [0.4, 0.5) is 16.4 Å². The number of benzene rings is 1. The van der Waals surface area contributed by atoms with E-state index in [1.165, 1.54) is 83.6 Å². The second-order valence-electron chi connectivity index (χ2n) is 11.2. The molecular weight excluding hydrogens is 736 g/mol. The Morgan fingerprint density at radius 1 is 1.22 bits per heavy atom. The maximum atomic E-state index is 14.0. The number of hydrogen-bond donors (Lipinski definition) is 7. The van der Waals surface area contributed by atoms with Crippen molar-refractivity contribution in [1.29, 1.82) is 0 Å². The molecule has 1 fully saturated rings. The third-order valence-corrected chi connectivity index (χ3v) is 10.9. The summed E-state index contributed by atoms with van der Waals surface area (Å²) in [6.07, 6.45) is 4.20.